The Morgan fingerprint density at radius 3 is 2.87 bits per heavy atom. The zero-order chi connectivity index (χ0) is 21.4. The van der Waals surface area contributed by atoms with Crippen LogP contribution in [-0.4, -0.2) is 20.5 Å². The van der Waals surface area contributed by atoms with E-state index in [1.54, 1.807) is 0 Å². The molecule has 2 heterocycles. The number of nitrogens with one attached hydrogen (secondary N) is 2. The predicted octanol–water partition coefficient (Wildman–Crippen LogP) is 5.39. The molecule has 0 saturated heterocycles. The van der Waals surface area contributed by atoms with Gasteiger partial charge in [0.05, 0.1) is 6.20 Å². The molecule has 2 aromatic heterocycles. The zero-order valence-corrected chi connectivity index (χ0v) is 18.2. The minimum Gasteiger partial charge on any atom is -0.366 e. The fourth-order valence-electron chi connectivity index (χ4n) is 4.16. The molecule has 3 aromatic rings. The molecule has 0 bridgehead atoms. The van der Waals surface area contributed by atoms with Gasteiger partial charge in [0.25, 0.3) is 5.91 Å². The molecular formula is C25H29N5O. The van der Waals surface area contributed by atoms with E-state index in [-0.39, 0.29) is 5.91 Å². The molecule has 31 heavy (non-hydrogen) atoms. The van der Waals surface area contributed by atoms with Crippen molar-refractivity contribution in [2.45, 2.75) is 64.3 Å². The van der Waals surface area contributed by atoms with Crippen molar-refractivity contribution in [3.8, 4) is 0 Å². The van der Waals surface area contributed by atoms with Crippen LogP contribution in [0.4, 0.5) is 11.5 Å². The Kier molecular flexibility index (Phi) is 5.22. The number of fused-ring (bicyclic) bond motifs is 1. The Hall–Kier alpha value is -3.15. The summed E-state index contributed by atoms with van der Waals surface area (Å²) in [7, 11) is 0. The number of hydrogen-bond donors (Lipinski definition) is 2. The van der Waals surface area contributed by atoms with Crippen molar-refractivity contribution in [2.24, 2.45) is 0 Å². The quantitative estimate of drug-likeness (QED) is 0.543. The largest absolute Gasteiger partial charge is 0.366 e. The molecule has 2 N–H and O–H groups in total. The van der Waals surface area contributed by atoms with Crippen molar-refractivity contribution in [1.82, 2.24) is 14.6 Å². The molecule has 0 unspecified atom stereocenters. The molecule has 2 aliphatic rings. The minimum absolute atomic E-state index is 0.0188. The average molecular weight is 416 g/mol. The fraction of sp³-hybridized carbons (Fsp3) is 0.400. The van der Waals surface area contributed by atoms with Gasteiger partial charge in [-0.05, 0) is 55.7 Å². The second-order valence-corrected chi connectivity index (χ2v) is 8.96. The lowest BCUT2D eigenvalue weighted by atomic mass is 10.1. The third kappa shape index (κ3) is 4.20. The van der Waals surface area contributed by atoms with Crippen LogP contribution in [0.15, 0.2) is 48.2 Å². The van der Waals surface area contributed by atoms with Gasteiger partial charge in [-0.2, -0.15) is 9.61 Å². The van der Waals surface area contributed by atoms with Crippen LogP contribution in [-0.2, 0) is 11.3 Å². The molecule has 1 aromatic carbocycles. The maximum atomic E-state index is 12.4. The lowest BCUT2D eigenvalue weighted by molar-refractivity contribution is -0.112. The predicted molar refractivity (Wildman–Crippen MR) is 123 cm³/mol. The van der Waals surface area contributed by atoms with Gasteiger partial charge >= 0.3 is 0 Å². The van der Waals surface area contributed by atoms with E-state index in [0.717, 1.165) is 53.2 Å². The number of aromatic nitrogens is 3. The third-order valence-corrected chi connectivity index (χ3v) is 6.13. The molecule has 1 saturated carbocycles. The molecule has 0 spiro atoms. The number of rotatable bonds is 7. The van der Waals surface area contributed by atoms with Crippen molar-refractivity contribution >= 4 is 23.1 Å². The van der Waals surface area contributed by atoms with E-state index in [2.05, 4.69) is 41.7 Å². The van der Waals surface area contributed by atoms with E-state index in [4.69, 9.17) is 4.98 Å². The third-order valence-electron chi connectivity index (χ3n) is 6.13. The first-order chi connectivity index (χ1) is 15.1. The van der Waals surface area contributed by atoms with Gasteiger partial charge in [0.15, 0.2) is 5.65 Å². The van der Waals surface area contributed by atoms with Gasteiger partial charge in [0, 0.05) is 41.0 Å². The van der Waals surface area contributed by atoms with Crippen LogP contribution < -0.4 is 10.6 Å². The van der Waals surface area contributed by atoms with Crippen LogP contribution in [0.25, 0.3) is 5.65 Å². The average Bonchev–Trinajstić information content (AvgIpc) is 3.28. The SMILES string of the molecule is CC(C)c1cnn2c(NCc3cccc(NC(=O)C4=CCCC4)c3)cc(C3CC3)nc12. The number of benzene rings is 1. The fourth-order valence-corrected chi connectivity index (χ4v) is 4.16. The molecule has 1 amide bonds. The standard InChI is InChI=1S/C25H29N5O/c1-16(2)21-15-27-30-23(13-22(18-10-11-18)29-24(21)30)26-14-17-6-5-9-20(12-17)28-25(31)19-7-3-4-8-19/h5-7,9,12-13,15-16,18,26H,3-4,8,10-11,14H2,1-2H3,(H,28,31). The van der Waals surface area contributed by atoms with Crippen LogP contribution in [0.2, 0.25) is 0 Å². The highest BCUT2D eigenvalue weighted by molar-refractivity contribution is 6.04. The van der Waals surface area contributed by atoms with E-state index in [1.165, 1.54) is 18.4 Å². The number of amides is 1. The molecule has 160 valence electrons. The van der Waals surface area contributed by atoms with Crippen molar-refractivity contribution < 1.29 is 4.79 Å². The smallest absolute Gasteiger partial charge is 0.251 e. The van der Waals surface area contributed by atoms with Gasteiger partial charge in [-0.25, -0.2) is 4.98 Å². The van der Waals surface area contributed by atoms with Gasteiger partial charge in [-0.15, -0.1) is 0 Å². The summed E-state index contributed by atoms with van der Waals surface area (Å²) in [5.74, 6) is 1.93. The Balaban J connectivity index is 1.35. The molecular weight excluding hydrogens is 386 g/mol. The molecule has 0 atom stereocenters. The normalized spacial score (nSPS) is 16.0. The first kappa shape index (κ1) is 19.8. The van der Waals surface area contributed by atoms with Gasteiger partial charge in [0.2, 0.25) is 0 Å². The van der Waals surface area contributed by atoms with Gasteiger partial charge in [-0.1, -0.05) is 32.1 Å². The van der Waals surface area contributed by atoms with E-state index in [9.17, 15) is 4.79 Å². The summed E-state index contributed by atoms with van der Waals surface area (Å²) in [4.78, 5) is 17.3. The van der Waals surface area contributed by atoms with Crippen LogP contribution in [0.1, 0.15) is 74.6 Å². The van der Waals surface area contributed by atoms with Crippen molar-refractivity contribution in [2.75, 3.05) is 10.6 Å². The van der Waals surface area contributed by atoms with Gasteiger partial charge in [0.1, 0.15) is 5.82 Å². The first-order valence-corrected chi connectivity index (χ1v) is 11.3. The number of anilines is 2. The molecule has 5 rings (SSSR count). The maximum absolute atomic E-state index is 12.4. The van der Waals surface area contributed by atoms with Gasteiger partial charge < -0.3 is 10.6 Å². The zero-order valence-electron chi connectivity index (χ0n) is 18.2. The van der Waals surface area contributed by atoms with Crippen LogP contribution in [0.3, 0.4) is 0 Å². The van der Waals surface area contributed by atoms with Crippen molar-refractivity contribution in [3.63, 3.8) is 0 Å². The molecule has 1 fully saturated rings. The lowest BCUT2D eigenvalue weighted by Crippen LogP contribution is -2.13. The number of allylic oxidation sites excluding steroid dienone is 1. The summed E-state index contributed by atoms with van der Waals surface area (Å²) in [6.45, 7) is 5.00. The van der Waals surface area contributed by atoms with Crippen LogP contribution in [0.5, 0.6) is 0 Å². The van der Waals surface area contributed by atoms with Crippen molar-refractivity contribution in [3.05, 3.63) is 65.0 Å². The molecule has 6 heteroatoms. The second-order valence-electron chi connectivity index (χ2n) is 8.96. The summed E-state index contributed by atoms with van der Waals surface area (Å²) >= 11 is 0. The molecule has 0 aliphatic heterocycles. The summed E-state index contributed by atoms with van der Waals surface area (Å²) in [6.07, 6.45) is 9.35. The highest BCUT2D eigenvalue weighted by atomic mass is 16.1. The highest BCUT2D eigenvalue weighted by Crippen LogP contribution is 2.40. The Morgan fingerprint density at radius 1 is 1.26 bits per heavy atom. The van der Waals surface area contributed by atoms with Crippen molar-refractivity contribution in [1.29, 1.82) is 0 Å². The van der Waals surface area contributed by atoms with Crippen LogP contribution in [0, 0.1) is 0 Å². The number of hydrogen-bond acceptors (Lipinski definition) is 4. The number of carbonyl (C=O) groups is 1. The summed E-state index contributed by atoms with van der Waals surface area (Å²) in [5.41, 5.74) is 6.12. The lowest BCUT2D eigenvalue weighted by Gasteiger charge is -2.13. The number of carbonyl (C=O) groups excluding carboxylic acids is 1. The molecule has 2 aliphatic carbocycles. The van der Waals surface area contributed by atoms with E-state index >= 15 is 0 Å². The van der Waals surface area contributed by atoms with Crippen LogP contribution >= 0.6 is 0 Å². The van der Waals surface area contributed by atoms with E-state index in [1.807, 2.05) is 35.0 Å². The Bertz CT molecular complexity index is 1160. The first-order valence-electron chi connectivity index (χ1n) is 11.3. The van der Waals surface area contributed by atoms with Gasteiger partial charge in [-0.3, -0.25) is 4.79 Å². The highest BCUT2D eigenvalue weighted by Gasteiger charge is 2.27. The number of nitrogens with zero attached hydrogens (tertiary/aromatic N) is 3. The van der Waals surface area contributed by atoms with E-state index < -0.39 is 0 Å². The summed E-state index contributed by atoms with van der Waals surface area (Å²) in [6, 6.07) is 10.2. The topological polar surface area (TPSA) is 71.3 Å². The monoisotopic (exact) mass is 415 g/mol. The Morgan fingerprint density at radius 2 is 2.13 bits per heavy atom. The maximum Gasteiger partial charge on any atom is 0.251 e. The second kappa shape index (κ2) is 8.17. The minimum atomic E-state index is 0.0188. The summed E-state index contributed by atoms with van der Waals surface area (Å²) < 4.78 is 1.92. The van der Waals surface area contributed by atoms with E-state index in [0.29, 0.717) is 18.4 Å². The summed E-state index contributed by atoms with van der Waals surface area (Å²) in [5, 5.41) is 11.2. The molecule has 0 radical (unpaired) electrons. The molecule has 6 nitrogen and oxygen atoms in total. The Labute approximate surface area is 182 Å².